The molecular weight excluding hydrogens is 334 g/mol. The van der Waals surface area contributed by atoms with Crippen molar-refractivity contribution in [2.24, 2.45) is 5.73 Å². The van der Waals surface area contributed by atoms with Crippen LogP contribution in [-0.4, -0.2) is 42.8 Å². The SMILES string of the molecule is Cc1c(CN)cc(N2CCN(C(=O)OC(C)(C)C)CC2)c(C)c1CS. The minimum Gasteiger partial charge on any atom is -0.444 e. The summed E-state index contributed by atoms with van der Waals surface area (Å²) in [4.78, 5) is 16.3. The summed E-state index contributed by atoms with van der Waals surface area (Å²) in [6, 6.07) is 2.20. The Hall–Kier alpha value is -1.40. The third-order valence-corrected chi connectivity index (χ3v) is 5.05. The van der Waals surface area contributed by atoms with Gasteiger partial charge >= 0.3 is 6.09 Å². The number of hydrogen-bond donors (Lipinski definition) is 2. The predicted octanol–water partition coefficient (Wildman–Crippen LogP) is 3.25. The molecule has 0 atom stereocenters. The quantitative estimate of drug-likeness (QED) is 0.808. The Labute approximate surface area is 156 Å². The zero-order valence-corrected chi connectivity index (χ0v) is 16.9. The molecule has 1 amide bonds. The lowest BCUT2D eigenvalue weighted by molar-refractivity contribution is 0.0240. The van der Waals surface area contributed by atoms with Gasteiger partial charge in [-0.05, 0) is 62.9 Å². The molecule has 0 unspecified atom stereocenters. The summed E-state index contributed by atoms with van der Waals surface area (Å²) in [7, 11) is 0. The number of ether oxygens (including phenoxy) is 1. The summed E-state index contributed by atoms with van der Waals surface area (Å²) >= 11 is 4.50. The number of nitrogens with two attached hydrogens (primary N) is 1. The standard InChI is InChI=1S/C19H31N3O2S/c1-13-15(11-20)10-17(14(2)16(13)12-25)21-6-8-22(9-7-21)18(23)24-19(3,4)5/h10,25H,6-9,11-12,20H2,1-5H3. The van der Waals surface area contributed by atoms with Crippen LogP contribution in [0.25, 0.3) is 0 Å². The highest BCUT2D eigenvalue weighted by Crippen LogP contribution is 2.31. The number of hydrogen-bond acceptors (Lipinski definition) is 5. The number of anilines is 1. The highest BCUT2D eigenvalue weighted by atomic mass is 32.1. The van der Waals surface area contributed by atoms with Gasteiger partial charge in [-0.1, -0.05) is 0 Å². The fraction of sp³-hybridized carbons (Fsp3) is 0.632. The van der Waals surface area contributed by atoms with Gasteiger partial charge in [0, 0.05) is 44.2 Å². The topological polar surface area (TPSA) is 58.8 Å². The number of carbonyl (C=O) groups excluding carboxylic acids is 1. The molecule has 1 aromatic carbocycles. The molecule has 6 heteroatoms. The van der Waals surface area contributed by atoms with Crippen LogP contribution in [0.4, 0.5) is 10.5 Å². The van der Waals surface area contributed by atoms with E-state index in [9.17, 15) is 4.79 Å². The van der Waals surface area contributed by atoms with E-state index in [0.717, 1.165) is 13.1 Å². The van der Waals surface area contributed by atoms with Crippen LogP contribution in [0.3, 0.4) is 0 Å². The number of benzene rings is 1. The van der Waals surface area contributed by atoms with Gasteiger partial charge in [-0.15, -0.1) is 0 Å². The first-order valence-electron chi connectivity index (χ1n) is 8.83. The zero-order valence-electron chi connectivity index (χ0n) is 16.1. The second-order valence-electron chi connectivity index (χ2n) is 7.60. The molecule has 2 N–H and O–H groups in total. The lowest BCUT2D eigenvalue weighted by Gasteiger charge is -2.38. The van der Waals surface area contributed by atoms with Crippen LogP contribution in [0.2, 0.25) is 0 Å². The Kier molecular flexibility index (Phi) is 6.27. The van der Waals surface area contributed by atoms with Crippen molar-refractivity contribution in [3.63, 3.8) is 0 Å². The van der Waals surface area contributed by atoms with Gasteiger partial charge in [-0.3, -0.25) is 0 Å². The second kappa shape index (κ2) is 7.87. The molecular formula is C19H31N3O2S. The van der Waals surface area contributed by atoms with E-state index in [2.05, 4.69) is 37.4 Å². The second-order valence-corrected chi connectivity index (χ2v) is 7.92. The van der Waals surface area contributed by atoms with Crippen LogP contribution >= 0.6 is 12.6 Å². The first-order chi connectivity index (χ1) is 11.7. The summed E-state index contributed by atoms with van der Waals surface area (Å²) in [6.45, 7) is 13.4. The van der Waals surface area contributed by atoms with Crippen LogP contribution in [0.15, 0.2) is 6.07 Å². The third-order valence-electron chi connectivity index (χ3n) is 4.73. The fourth-order valence-corrected chi connectivity index (χ4v) is 3.72. The molecule has 1 aliphatic heterocycles. The molecule has 1 fully saturated rings. The number of nitrogens with zero attached hydrogens (tertiary/aromatic N) is 2. The summed E-state index contributed by atoms with van der Waals surface area (Å²) < 4.78 is 5.47. The van der Waals surface area contributed by atoms with Crippen LogP contribution in [0, 0.1) is 13.8 Å². The Bertz CT molecular complexity index is 633. The van der Waals surface area contributed by atoms with Crippen molar-refractivity contribution < 1.29 is 9.53 Å². The number of piperazine rings is 1. The van der Waals surface area contributed by atoms with E-state index in [4.69, 9.17) is 10.5 Å². The lowest BCUT2D eigenvalue weighted by Crippen LogP contribution is -2.50. The first-order valence-corrected chi connectivity index (χ1v) is 9.47. The lowest BCUT2D eigenvalue weighted by atomic mass is 9.96. The minimum absolute atomic E-state index is 0.230. The van der Waals surface area contributed by atoms with Crippen LogP contribution < -0.4 is 10.6 Å². The van der Waals surface area contributed by atoms with Gasteiger partial charge < -0.3 is 20.3 Å². The molecule has 25 heavy (non-hydrogen) atoms. The highest BCUT2D eigenvalue weighted by molar-refractivity contribution is 7.79. The van der Waals surface area contributed by atoms with E-state index in [1.54, 1.807) is 4.90 Å². The van der Waals surface area contributed by atoms with Gasteiger partial charge in [-0.25, -0.2) is 4.79 Å². The van der Waals surface area contributed by atoms with Crippen LogP contribution in [0.5, 0.6) is 0 Å². The third kappa shape index (κ3) is 4.61. The van der Waals surface area contributed by atoms with Crippen molar-refractivity contribution in [2.75, 3.05) is 31.1 Å². The van der Waals surface area contributed by atoms with Gasteiger partial charge in [0.15, 0.2) is 0 Å². The Morgan fingerprint density at radius 3 is 2.28 bits per heavy atom. The molecule has 0 aromatic heterocycles. The van der Waals surface area contributed by atoms with Gasteiger partial charge in [0.2, 0.25) is 0 Å². The van der Waals surface area contributed by atoms with E-state index in [1.165, 1.54) is 27.9 Å². The maximum absolute atomic E-state index is 12.2. The van der Waals surface area contributed by atoms with Crippen molar-refractivity contribution in [1.82, 2.24) is 4.90 Å². The minimum atomic E-state index is -0.459. The number of amides is 1. The van der Waals surface area contributed by atoms with Crippen molar-refractivity contribution >= 4 is 24.4 Å². The Morgan fingerprint density at radius 2 is 1.80 bits per heavy atom. The number of thiol groups is 1. The van der Waals surface area contributed by atoms with E-state index in [-0.39, 0.29) is 6.09 Å². The molecule has 0 spiro atoms. The maximum atomic E-state index is 12.2. The van der Waals surface area contributed by atoms with Crippen LogP contribution in [0.1, 0.15) is 43.0 Å². The molecule has 1 saturated heterocycles. The molecule has 5 nitrogen and oxygen atoms in total. The van der Waals surface area contributed by atoms with E-state index < -0.39 is 5.60 Å². The van der Waals surface area contributed by atoms with Gasteiger partial charge in [0.25, 0.3) is 0 Å². The number of rotatable bonds is 3. The summed E-state index contributed by atoms with van der Waals surface area (Å²) in [6.07, 6.45) is -0.230. The first kappa shape index (κ1) is 19.9. The zero-order chi connectivity index (χ0) is 18.8. The van der Waals surface area contributed by atoms with Gasteiger partial charge in [0.1, 0.15) is 5.60 Å². The Morgan fingerprint density at radius 1 is 1.20 bits per heavy atom. The molecule has 0 aliphatic carbocycles. The fourth-order valence-electron chi connectivity index (χ4n) is 3.25. The molecule has 0 bridgehead atoms. The monoisotopic (exact) mass is 365 g/mol. The molecule has 1 aliphatic rings. The van der Waals surface area contributed by atoms with Crippen molar-refractivity contribution in [2.45, 2.75) is 52.5 Å². The normalized spacial score (nSPS) is 15.5. The molecule has 1 heterocycles. The molecule has 0 radical (unpaired) electrons. The van der Waals surface area contributed by atoms with Crippen LogP contribution in [-0.2, 0) is 17.0 Å². The van der Waals surface area contributed by atoms with E-state index >= 15 is 0 Å². The van der Waals surface area contributed by atoms with Gasteiger partial charge in [0.05, 0.1) is 0 Å². The maximum Gasteiger partial charge on any atom is 0.410 e. The Balaban J connectivity index is 2.14. The number of carbonyl (C=O) groups is 1. The summed E-state index contributed by atoms with van der Waals surface area (Å²) in [5.41, 5.74) is 11.6. The smallest absolute Gasteiger partial charge is 0.410 e. The average Bonchev–Trinajstić information content (AvgIpc) is 2.54. The van der Waals surface area contributed by atoms with E-state index in [1.807, 2.05) is 20.8 Å². The molecule has 140 valence electrons. The predicted molar refractivity (Wildman–Crippen MR) is 107 cm³/mol. The molecule has 2 rings (SSSR count). The summed E-state index contributed by atoms with van der Waals surface area (Å²) in [5, 5.41) is 0. The van der Waals surface area contributed by atoms with Crippen molar-refractivity contribution in [1.29, 1.82) is 0 Å². The van der Waals surface area contributed by atoms with E-state index in [0.29, 0.717) is 25.4 Å². The van der Waals surface area contributed by atoms with Crippen molar-refractivity contribution in [3.8, 4) is 0 Å². The highest BCUT2D eigenvalue weighted by Gasteiger charge is 2.27. The van der Waals surface area contributed by atoms with Crippen molar-refractivity contribution in [3.05, 3.63) is 28.3 Å². The largest absolute Gasteiger partial charge is 0.444 e. The molecule has 1 aromatic rings. The average molecular weight is 366 g/mol. The molecule has 0 saturated carbocycles. The van der Waals surface area contributed by atoms with Gasteiger partial charge in [-0.2, -0.15) is 12.6 Å². The summed E-state index contributed by atoms with van der Waals surface area (Å²) in [5.74, 6) is 0.705.